The maximum atomic E-state index is 12.7. The molecule has 0 radical (unpaired) electrons. The third kappa shape index (κ3) is 3.35. The fraction of sp³-hybridized carbons (Fsp3) is 0.722. The summed E-state index contributed by atoms with van der Waals surface area (Å²) in [5.41, 5.74) is 1.11. The molecule has 1 saturated carbocycles. The Bertz CT molecular complexity index is 728. The molecule has 0 unspecified atom stereocenters. The average molecular weight is 346 g/mol. The minimum Gasteiger partial charge on any atom is -0.378 e. The normalized spacial score (nSPS) is 27.2. The lowest BCUT2D eigenvalue weighted by molar-refractivity contribution is -0.141. The molecule has 7 nitrogen and oxygen atoms in total. The Morgan fingerprint density at radius 1 is 1.28 bits per heavy atom. The van der Waals surface area contributed by atoms with E-state index >= 15 is 0 Å². The molecule has 1 aromatic rings. The van der Waals surface area contributed by atoms with Crippen molar-refractivity contribution in [2.45, 2.75) is 45.3 Å². The Hall–Kier alpha value is -1.73. The van der Waals surface area contributed by atoms with Crippen LogP contribution in [0, 0.1) is 19.8 Å². The fourth-order valence-electron chi connectivity index (χ4n) is 4.19. The number of aryl methyl sites for hydroxylation is 2. The fourth-order valence-corrected chi connectivity index (χ4v) is 4.19. The van der Waals surface area contributed by atoms with Crippen molar-refractivity contribution in [3.63, 3.8) is 0 Å². The summed E-state index contributed by atoms with van der Waals surface area (Å²) in [5.74, 6) is 0.772. The number of hydrogen-bond donors (Lipinski definition) is 0. The molecule has 2 aliphatic heterocycles. The summed E-state index contributed by atoms with van der Waals surface area (Å²) in [6.45, 7) is 7.55. The molecule has 25 heavy (non-hydrogen) atoms. The minimum atomic E-state index is -0.348. The van der Waals surface area contributed by atoms with E-state index in [0.29, 0.717) is 24.9 Å². The Labute approximate surface area is 147 Å². The number of amides is 1. The molecule has 0 spiro atoms. The highest BCUT2D eigenvalue weighted by atomic mass is 16.5. The molecule has 3 heterocycles. The zero-order chi connectivity index (χ0) is 17.6. The molecule has 1 aromatic heterocycles. The van der Waals surface area contributed by atoms with Gasteiger partial charge in [0.05, 0.1) is 19.3 Å². The van der Waals surface area contributed by atoms with E-state index in [1.165, 1.54) is 17.4 Å². The van der Waals surface area contributed by atoms with E-state index in [9.17, 15) is 9.59 Å². The molecule has 0 aromatic carbocycles. The lowest BCUT2D eigenvalue weighted by Gasteiger charge is -2.48. The number of nitrogens with zero attached hydrogens (tertiary/aromatic N) is 4. The molecule has 2 saturated heterocycles. The number of aromatic nitrogens is 2. The van der Waals surface area contributed by atoms with Crippen molar-refractivity contribution < 1.29 is 9.53 Å². The summed E-state index contributed by atoms with van der Waals surface area (Å²) in [5, 5.41) is 0. The van der Waals surface area contributed by atoms with Crippen LogP contribution >= 0.6 is 0 Å². The standard InChI is InChI=1S/C18H26N4O3/c1-12-7-13(2)22(18(24)19-12)9-17(23)20-5-6-21-15(8-20)10-25-11-16(21)14-3-4-14/h7,14-16H,3-6,8-11H2,1-2H3/t15-,16-/m1/s1. The van der Waals surface area contributed by atoms with Crippen molar-refractivity contribution in [3.05, 3.63) is 27.9 Å². The van der Waals surface area contributed by atoms with Crippen molar-refractivity contribution in [2.24, 2.45) is 5.92 Å². The number of piperazine rings is 1. The molecule has 0 N–H and O–H groups in total. The van der Waals surface area contributed by atoms with Crippen molar-refractivity contribution >= 4 is 5.91 Å². The number of hydrogen-bond acceptors (Lipinski definition) is 5. The summed E-state index contributed by atoms with van der Waals surface area (Å²) in [6.07, 6.45) is 2.62. The van der Waals surface area contributed by atoms with Gasteiger partial charge in [-0.15, -0.1) is 0 Å². The van der Waals surface area contributed by atoms with Gasteiger partial charge >= 0.3 is 5.69 Å². The second-order valence-electron chi connectivity index (χ2n) is 7.58. The van der Waals surface area contributed by atoms with Gasteiger partial charge in [0.2, 0.25) is 5.91 Å². The van der Waals surface area contributed by atoms with E-state index in [1.54, 1.807) is 6.92 Å². The predicted molar refractivity (Wildman–Crippen MR) is 92.4 cm³/mol. The Morgan fingerprint density at radius 3 is 2.80 bits per heavy atom. The number of carbonyl (C=O) groups is 1. The average Bonchev–Trinajstić information content (AvgIpc) is 3.41. The summed E-state index contributed by atoms with van der Waals surface area (Å²) < 4.78 is 7.27. The third-order valence-corrected chi connectivity index (χ3v) is 5.71. The van der Waals surface area contributed by atoms with Crippen LogP contribution < -0.4 is 5.69 Å². The zero-order valence-electron chi connectivity index (χ0n) is 15.0. The van der Waals surface area contributed by atoms with Crippen LogP contribution in [0.25, 0.3) is 0 Å². The van der Waals surface area contributed by atoms with Crippen molar-refractivity contribution in [2.75, 3.05) is 32.8 Å². The van der Waals surface area contributed by atoms with Gasteiger partial charge in [0, 0.05) is 37.1 Å². The van der Waals surface area contributed by atoms with Crippen LogP contribution in [0.15, 0.2) is 10.9 Å². The summed E-state index contributed by atoms with van der Waals surface area (Å²) in [7, 11) is 0. The van der Waals surface area contributed by atoms with E-state index in [2.05, 4.69) is 9.88 Å². The summed E-state index contributed by atoms with van der Waals surface area (Å²) >= 11 is 0. The predicted octanol–water partition coefficient (Wildman–Crippen LogP) is 0.182. The zero-order valence-corrected chi connectivity index (χ0v) is 15.0. The lowest BCUT2D eigenvalue weighted by Crippen LogP contribution is -2.63. The van der Waals surface area contributed by atoms with Gasteiger partial charge < -0.3 is 9.64 Å². The molecule has 4 rings (SSSR count). The van der Waals surface area contributed by atoms with Crippen molar-refractivity contribution in [1.29, 1.82) is 0 Å². The highest BCUT2D eigenvalue weighted by Gasteiger charge is 2.43. The summed E-state index contributed by atoms with van der Waals surface area (Å²) in [4.78, 5) is 33.2. The van der Waals surface area contributed by atoms with E-state index in [-0.39, 0.29) is 24.2 Å². The molecule has 136 valence electrons. The van der Waals surface area contributed by atoms with E-state index in [4.69, 9.17) is 4.74 Å². The SMILES string of the molecule is Cc1cc(C)n(CC(=O)N2CCN3[C@@H](COC[C@@H]3C3CC3)C2)c(=O)n1. The number of carbonyl (C=O) groups excluding carboxylic acids is 1. The third-order valence-electron chi connectivity index (χ3n) is 5.71. The van der Waals surface area contributed by atoms with Crippen LogP contribution in [-0.2, 0) is 16.1 Å². The van der Waals surface area contributed by atoms with Gasteiger partial charge in [0.1, 0.15) is 6.54 Å². The van der Waals surface area contributed by atoms with Crippen LogP contribution in [0.2, 0.25) is 0 Å². The highest BCUT2D eigenvalue weighted by Crippen LogP contribution is 2.38. The largest absolute Gasteiger partial charge is 0.378 e. The molecular formula is C18H26N4O3. The van der Waals surface area contributed by atoms with Gasteiger partial charge in [-0.3, -0.25) is 14.3 Å². The van der Waals surface area contributed by atoms with Crippen LogP contribution in [0.5, 0.6) is 0 Å². The van der Waals surface area contributed by atoms with Crippen LogP contribution in [0.3, 0.4) is 0 Å². The molecule has 1 aliphatic carbocycles. The monoisotopic (exact) mass is 346 g/mol. The van der Waals surface area contributed by atoms with Gasteiger partial charge in [-0.2, -0.15) is 4.98 Å². The molecule has 1 amide bonds. The Kier molecular flexibility index (Phi) is 4.37. The number of rotatable bonds is 3. The number of morpholine rings is 1. The van der Waals surface area contributed by atoms with E-state index in [0.717, 1.165) is 31.3 Å². The second kappa shape index (κ2) is 6.53. The molecule has 2 atom stereocenters. The van der Waals surface area contributed by atoms with Gasteiger partial charge in [-0.05, 0) is 38.7 Å². The lowest BCUT2D eigenvalue weighted by atomic mass is 10.0. The topological polar surface area (TPSA) is 67.7 Å². The van der Waals surface area contributed by atoms with Gasteiger partial charge in [-0.1, -0.05) is 0 Å². The number of ether oxygens (including phenoxy) is 1. The first-order valence-corrected chi connectivity index (χ1v) is 9.19. The first-order chi connectivity index (χ1) is 12.0. The van der Waals surface area contributed by atoms with Crippen LogP contribution in [0.4, 0.5) is 0 Å². The second-order valence-corrected chi connectivity index (χ2v) is 7.58. The minimum absolute atomic E-state index is 0.0101. The molecular weight excluding hydrogens is 320 g/mol. The molecule has 3 fully saturated rings. The van der Waals surface area contributed by atoms with Gasteiger partial charge in [0.15, 0.2) is 0 Å². The Morgan fingerprint density at radius 2 is 2.08 bits per heavy atom. The smallest absolute Gasteiger partial charge is 0.348 e. The van der Waals surface area contributed by atoms with Gasteiger partial charge in [0.25, 0.3) is 0 Å². The molecule has 7 heteroatoms. The summed E-state index contributed by atoms with van der Waals surface area (Å²) in [6, 6.07) is 2.65. The Balaban J connectivity index is 1.43. The maximum absolute atomic E-state index is 12.7. The quantitative estimate of drug-likeness (QED) is 0.781. The molecule has 0 bridgehead atoms. The van der Waals surface area contributed by atoms with E-state index in [1.807, 2.05) is 17.9 Å². The van der Waals surface area contributed by atoms with Crippen LogP contribution in [0.1, 0.15) is 24.2 Å². The number of fused-ring (bicyclic) bond motifs is 1. The van der Waals surface area contributed by atoms with Crippen molar-refractivity contribution in [1.82, 2.24) is 19.4 Å². The van der Waals surface area contributed by atoms with E-state index < -0.39 is 0 Å². The van der Waals surface area contributed by atoms with Crippen molar-refractivity contribution in [3.8, 4) is 0 Å². The van der Waals surface area contributed by atoms with Crippen LogP contribution in [-0.4, -0.2) is 70.2 Å². The first-order valence-electron chi connectivity index (χ1n) is 9.19. The van der Waals surface area contributed by atoms with Gasteiger partial charge in [-0.25, -0.2) is 4.79 Å². The first kappa shape index (κ1) is 16.7. The maximum Gasteiger partial charge on any atom is 0.348 e. The highest BCUT2D eigenvalue weighted by molar-refractivity contribution is 5.76. The molecule has 3 aliphatic rings.